The lowest BCUT2D eigenvalue weighted by atomic mass is 9.91. The molecule has 0 spiro atoms. The lowest BCUT2D eigenvalue weighted by molar-refractivity contribution is -0.231. The fourth-order valence-electron chi connectivity index (χ4n) is 4.20. The minimum absolute atomic E-state index is 0.260. The van der Waals surface area contributed by atoms with E-state index in [0.29, 0.717) is 41.6 Å². The molecule has 2 heterocycles. The van der Waals surface area contributed by atoms with Crippen molar-refractivity contribution in [3.63, 3.8) is 0 Å². The Hall–Kier alpha value is -3.65. The van der Waals surface area contributed by atoms with E-state index in [2.05, 4.69) is 0 Å². The van der Waals surface area contributed by atoms with Crippen LogP contribution in [0.4, 0.5) is 0 Å². The number of aryl methyl sites for hydroxylation is 1. The second-order valence-electron chi connectivity index (χ2n) is 7.79. The number of rotatable bonds is 9. The fraction of sp³-hybridized carbons (Fsp3) is 0.346. The maximum absolute atomic E-state index is 13.0. The van der Waals surface area contributed by atoms with Gasteiger partial charge in [-0.25, -0.2) is 4.79 Å². The van der Waals surface area contributed by atoms with E-state index < -0.39 is 12.1 Å². The van der Waals surface area contributed by atoms with Crippen LogP contribution in [-0.2, 0) is 25.7 Å². The molecule has 0 N–H and O–H groups in total. The summed E-state index contributed by atoms with van der Waals surface area (Å²) in [6.45, 7) is 4.73. The number of methoxy groups -OCH3 is 3. The highest BCUT2D eigenvalue weighted by Crippen LogP contribution is 2.44. The average Bonchev–Trinajstić information content (AvgIpc) is 3.47. The number of hydrogen-bond acceptors (Lipinski definition) is 8. The molecule has 2 aromatic carbocycles. The van der Waals surface area contributed by atoms with Crippen LogP contribution in [-0.4, -0.2) is 40.5 Å². The number of benzene rings is 2. The molecule has 2 aromatic rings. The van der Waals surface area contributed by atoms with Crippen molar-refractivity contribution < 1.29 is 38.3 Å². The van der Waals surface area contributed by atoms with Gasteiger partial charge in [-0.3, -0.25) is 0 Å². The van der Waals surface area contributed by atoms with Crippen molar-refractivity contribution >= 4 is 5.97 Å². The summed E-state index contributed by atoms with van der Waals surface area (Å²) in [5.41, 5.74) is 3.76. The van der Waals surface area contributed by atoms with Crippen LogP contribution in [0.5, 0.6) is 23.0 Å². The maximum atomic E-state index is 13.0. The van der Waals surface area contributed by atoms with Crippen molar-refractivity contribution in [2.24, 2.45) is 0 Å². The molecule has 180 valence electrons. The molecule has 0 fully saturated rings. The second kappa shape index (κ2) is 10.1. The molecule has 2 aliphatic rings. The quantitative estimate of drug-likeness (QED) is 0.396. The predicted molar refractivity (Wildman–Crippen MR) is 123 cm³/mol. The molecule has 8 nitrogen and oxygen atoms in total. The lowest BCUT2D eigenvalue weighted by Gasteiger charge is -2.18. The first-order valence-corrected chi connectivity index (χ1v) is 11.0. The van der Waals surface area contributed by atoms with Gasteiger partial charge in [0.2, 0.25) is 5.75 Å². The Morgan fingerprint density at radius 1 is 1.00 bits per heavy atom. The zero-order chi connectivity index (χ0) is 24.2. The van der Waals surface area contributed by atoms with Crippen LogP contribution in [0.1, 0.15) is 29.7 Å². The summed E-state index contributed by atoms with van der Waals surface area (Å²) in [4.78, 5) is 23.3. The standard InChI is InChI=1S/C26H28O8/c1-6-31-19-8-7-17(11-15(19)2)24-18(23(26(27)33-24)20-9-10-32-34-20)12-16-13-21(28-3)25(30-5)22(14-16)29-4/h7-9,11,13-14,24H,6,10,12H2,1-5H3. The van der Waals surface area contributed by atoms with E-state index in [0.717, 1.165) is 28.0 Å². The molecule has 0 radical (unpaired) electrons. The monoisotopic (exact) mass is 468 g/mol. The SMILES string of the molecule is CCOc1ccc(C2OC(=O)C(C3=CCOO3)=C2Cc2cc(OC)c(OC)c(OC)c2)cc1C. The summed E-state index contributed by atoms with van der Waals surface area (Å²) in [7, 11) is 4.68. The minimum Gasteiger partial charge on any atom is -0.494 e. The Morgan fingerprint density at radius 2 is 1.74 bits per heavy atom. The first-order chi connectivity index (χ1) is 16.5. The lowest BCUT2D eigenvalue weighted by Crippen LogP contribution is -2.06. The van der Waals surface area contributed by atoms with Crippen LogP contribution >= 0.6 is 0 Å². The van der Waals surface area contributed by atoms with E-state index in [1.165, 1.54) is 0 Å². The third-order valence-electron chi connectivity index (χ3n) is 5.72. The van der Waals surface area contributed by atoms with Crippen LogP contribution in [0.3, 0.4) is 0 Å². The summed E-state index contributed by atoms with van der Waals surface area (Å²) >= 11 is 0. The van der Waals surface area contributed by atoms with Gasteiger partial charge >= 0.3 is 5.97 Å². The molecular formula is C26H28O8. The van der Waals surface area contributed by atoms with Crippen LogP contribution in [0.2, 0.25) is 0 Å². The van der Waals surface area contributed by atoms with Gasteiger partial charge in [-0.2, -0.15) is 4.89 Å². The highest BCUT2D eigenvalue weighted by molar-refractivity contribution is 5.96. The van der Waals surface area contributed by atoms with Gasteiger partial charge in [0.05, 0.1) is 27.9 Å². The average molecular weight is 469 g/mol. The van der Waals surface area contributed by atoms with Crippen LogP contribution < -0.4 is 18.9 Å². The van der Waals surface area contributed by atoms with Gasteiger partial charge in [-0.15, -0.1) is 0 Å². The highest BCUT2D eigenvalue weighted by atomic mass is 17.2. The van der Waals surface area contributed by atoms with Crippen molar-refractivity contribution in [2.75, 3.05) is 34.5 Å². The summed E-state index contributed by atoms with van der Waals surface area (Å²) < 4.78 is 28.0. The molecule has 1 unspecified atom stereocenters. The number of cyclic esters (lactones) is 1. The molecule has 1 atom stereocenters. The molecular weight excluding hydrogens is 440 g/mol. The van der Waals surface area contributed by atoms with E-state index in [1.807, 2.05) is 44.2 Å². The van der Waals surface area contributed by atoms with E-state index >= 15 is 0 Å². The number of esters is 1. The molecule has 0 saturated carbocycles. The van der Waals surface area contributed by atoms with Gasteiger partial charge < -0.3 is 28.6 Å². The van der Waals surface area contributed by atoms with Crippen LogP contribution in [0, 0.1) is 6.92 Å². The van der Waals surface area contributed by atoms with E-state index in [9.17, 15) is 4.79 Å². The topological polar surface area (TPSA) is 81.7 Å². The van der Waals surface area contributed by atoms with Crippen molar-refractivity contribution in [1.29, 1.82) is 0 Å². The van der Waals surface area contributed by atoms with Crippen molar-refractivity contribution in [3.05, 3.63) is 70.0 Å². The number of hydrogen-bond donors (Lipinski definition) is 0. The molecule has 0 aromatic heterocycles. The van der Waals surface area contributed by atoms with Gasteiger partial charge in [0.1, 0.15) is 24.0 Å². The zero-order valence-electron chi connectivity index (χ0n) is 19.9. The van der Waals surface area contributed by atoms with E-state index in [1.54, 1.807) is 27.4 Å². The van der Waals surface area contributed by atoms with Gasteiger partial charge in [-0.1, -0.05) is 6.07 Å². The molecule has 8 heteroatoms. The van der Waals surface area contributed by atoms with Gasteiger partial charge in [0, 0.05) is 0 Å². The Morgan fingerprint density at radius 3 is 2.29 bits per heavy atom. The molecule has 34 heavy (non-hydrogen) atoms. The van der Waals surface area contributed by atoms with Gasteiger partial charge in [0.15, 0.2) is 17.3 Å². The van der Waals surface area contributed by atoms with E-state index in [-0.39, 0.29) is 6.61 Å². The third-order valence-corrected chi connectivity index (χ3v) is 5.72. The second-order valence-corrected chi connectivity index (χ2v) is 7.79. The molecule has 0 saturated heterocycles. The van der Waals surface area contributed by atoms with Crippen LogP contribution in [0.15, 0.2) is 53.3 Å². The summed E-state index contributed by atoms with van der Waals surface area (Å²) in [6, 6.07) is 9.49. The largest absolute Gasteiger partial charge is 0.494 e. The maximum Gasteiger partial charge on any atom is 0.343 e. The van der Waals surface area contributed by atoms with Gasteiger partial charge in [-0.05, 0) is 72.9 Å². The molecule has 2 aliphatic heterocycles. The van der Waals surface area contributed by atoms with Crippen molar-refractivity contribution in [1.82, 2.24) is 0 Å². The Labute approximate surface area is 198 Å². The molecule has 0 amide bonds. The molecule has 4 rings (SSSR count). The summed E-state index contributed by atoms with van der Waals surface area (Å²) in [5.74, 6) is 2.24. The number of ether oxygens (including phenoxy) is 5. The number of carbonyl (C=O) groups is 1. The first kappa shape index (κ1) is 23.5. The first-order valence-electron chi connectivity index (χ1n) is 11.0. The summed E-state index contributed by atoms with van der Waals surface area (Å²) in [6.07, 6.45) is 1.51. The van der Waals surface area contributed by atoms with E-state index in [4.69, 9.17) is 33.5 Å². The van der Waals surface area contributed by atoms with Crippen LogP contribution in [0.25, 0.3) is 0 Å². The Bertz CT molecular complexity index is 1120. The fourth-order valence-corrected chi connectivity index (χ4v) is 4.20. The highest BCUT2D eigenvalue weighted by Gasteiger charge is 2.39. The minimum atomic E-state index is -0.596. The Balaban J connectivity index is 1.79. The van der Waals surface area contributed by atoms with Crippen molar-refractivity contribution in [3.8, 4) is 23.0 Å². The smallest absolute Gasteiger partial charge is 0.343 e. The summed E-state index contributed by atoms with van der Waals surface area (Å²) in [5, 5.41) is 0. The third kappa shape index (κ3) is 4.41. The predicted octanol–water partition coefficient (Wildman–Crippen LogP) is 4.40. The Kier molecular flexibility index (Phi) is 6.98. The molecule has 0 bridgehead atoms. The molecule has 0 aliphatic carbocycles. The normalized spacial score (nSPS) is 17.3. The van der Waals surface area contributed by atoms with Crippen molar-refractivity contribution in [2.45, 2.75) is 26.4 Å². The van der Waals surface area contributed by atoms with Gasteiger partial charge in [0.25, 0.3) is 0 Å². The zero-order valence-corrected chi connectivity index (χ0v) is 19.9. The number of carbonyl (C=O) groups excluding carboxylic acids is 1.